The molecule has 0 unspecified atom stereocenters. The van der Waals surface area contributed by atoms with Gasteiger partial charge in [0.1, 0.15) is 6.61 Å². The molecule has 1 aliphatic heterocycles. The number of sulfonamides is 1. The van der Waals surface area contributed by atoms with E-state index in [2.05, 4.69) is 5.32 Å². The van der Waals surface area contributed by atoms with Crippen LogP contribution in [0.1, 0.15) is 12.8 Å². The van der Waals surface area contributed by atoms with Gasteiger partial charge in [0.25, 0.3) is 0 Å². The van der Waals surface area contributed by atoms with Crippen molar-refractivity contribution in [1.29, 1.82) is 0 Å². The summed E-state index contributed by atoms with van der Waals surface area (Å²) in [6, 6.07) is 6.18. The monoisotopic (exact) mass is 342 g/mol. The van der Waals surface area contributed by atoms with Crippen molar-refractivity contribution in [2.45, 2.75) is 17.7 Å². The van der Waals surface area contributed by atoms with E-state index in [-0.39, 0.29) is 17.4 Å². The molecule has 7 nitrogen and oxygen atoms in total. The summed E-state index contributed by atoms with van der Waals surface area (Å²) in [4.78, 5) is 11.9. The average Bonchev–Trinajstić information content (AvgIpc) is 3.07. The Morgan fingerprint density at radius 1 is 1.17 bits per heavy atom. The van der Waals surface area contributed by atoms with Crippen LogP contribution in [0.2, 0.25) is 0 Å². The molecule has 1 aromatic carbocycles. The molecule has 0 saturated carbocycles. The summed E-state index contributed by atoms with van der Waals surface area (Å²) in [7, 11) is -1.87. The molecule has 1 aromatic rings. The molecule has 0 aliphatic carbocycles. The van der Waals surface area contributed by atoms with Crippen LogP contribution in [-0.4, -0.2) is 58.7 Å². The number of ether oxygens (including phenoxy) is 2. The lowest BCUT2D eigenvalue weighted by atomic mass is 10.3. The zero-order valence-electron chi connectivity index (χ0n) is 13.2. The zero-order chi connectivity index (χ0) is 16.7. The van der Waals surface area contributed by atoms with Crippen molar-refractivity contribution in [2.75, 3.05) is 45.3 Å². The third kappa shape index (κ3) is 5.00. The maximum atomic E-state index is 12.4. The molecule has 2 rings (SSSR count). The van der Waals surface area contributed by atoms with Gasteiger partial charge in [0.05, 0.1) is 18.1 Å². The number of methoxy groups -OCH3 is 1. The summed E-state index contributed by atoms with van der Waals surface area (Å²) in [5.41, 5.74) is 0.533. The summed E-state index contributed by atoms with van der Waals surface area (Å²) < 4.78 is 36.2. The van der Waals surface area contributed by atoms with Crippen molar-refractivity contribution in [2.24, 2.45) is 0 Å². The Bertz CT molecular complexity index is 609. The van der Waals surface area contributed by atoms with Gasteiger partial charge < -0.3 is 14.8 Å². The number of rotatable bonds is 8. The first-order chi connectivity index (χ1) is 11.0. The first-order valence-corrected chi connectivity index (χ1v) is 8.95. The summed E-state index contributed by atoms with van der Waals surface area (Å²) in [5, 5.41) is 2.65. The Balaban J connectivity index is 1.90. The normalized spacial score (nSPS) is 15.7. The number of amides is 1. The van der Waals surface area contributed by atoms with Crippen LogP contribution < -0.4 is 5.32 Å². The van der Waals surface area contributed by atoms with Gasteiger partial charge in [-0.3, -0.25) is 4.79 Å². The molecule has 1 amide bonds. The van der Waals surface area contributed by atoms with Crippen molar-refractivity contribution in [1.82, 2.24) is 4.31 Å². The van der Waals surface area contributed by atoms with E-state index < -0.39 is 10.0 Å². The number of carbonyl (C=O) groups excluding carboxylic acids is 1. The molecule has 128 valence electrons. The van der Waals surface area contributed by atoms with Crippen LogP contribution in [0.25, 0.3) is 0 Å². The second-order valence-corrected chi connectivity index (χ2v) is 7.17. The van der Waals surface area contributed by atoms with Crippen LogP contribution in [0, 0.1) is 0 Å². The quantitative estimate of drug-likeness (QED) is 0.715. The van der Waals surface area contributed by atoms with Crippen LogP contribution in [0.15, 0.2) is 29.2 Å². The van der Waals surface area contributed by atoms with E-state index in [4.69, 9.17) is 9.47 Å². The van der Waals surface area contributed by atoms with Crippen molar-refractivity contribution >= 4 is 21.6 Å². The second-order valence-electron chi connectivity index (χ2n) is 5.23. The Kier molecular flexibility index (Phi) is 6.52. The molecular formula is C15H22N2O5S. The number of hydrogen-bond acceptors (Lipinski definition) is 5. The summed E-state index contributed by atoms with van der Waals surface area (Å²) in [5.74, 6) is -0.295. The smallest absolute Gasteiger partial charge is 0.250 e. The highest BCUT2D eigenvalue weighted by atomic mass is 32.2. The van der Waals surface area contributed by atoms with E-state index >= 15 is 0 Å². The first kappa shape index (κ1) is 17.9. The number of benzene rings is 1. The predicted molar refractivity (Wildman–Crippen MR) is 85.8 cm³/mol. The summed E-state index contributed by atoms with van der Waals surface area (Å²) in [6.07, 6.45) is 1.80. The molecule has 8 heteroatoms. The van der Waals surface area contributed by atoms with Gasteiger partial charge in [-0.15, -0.1) is 0 Å². The van der Waals surface area contributed by atoms with Crippen molar-refractivity contribution in [3.8, 4) is 0 Å². The molecule has 0 radical (unpaired) electrons. The highest BCUT2D eigenvalue weighted by Crippen LogP contribution is 2.22. The van der Waals surface area contributed by atoms with Crippen molar-refractivity contribution < 1.29 is 22.7 Å². The van der Waals surface area contributed by atoms with Gasteiger partial charge in [0, 0.05) is 25.9 Å². The SMILES string of the molecule is COCCOCC(=O)Nc1ccc(S(=O)(=O)N2CCCC2)cc1. The lowest BCUT2D eigenvalue weighted by Crippen LogP contribution is -2.27. The Labute approximate surface area is 136 Å². The van der Waals surface area contributed by atoms with E-state index in [9.17, 15) is 13.2 Å². The lowest BCUT2D eigenvalue weighted by Gasteiger charge is -2.15. The summed E-state index contributed by atoms with van der Waals surface area (Å²) in [6.45, 7) is 1.84. The minimum absolute atomic E-state index is 0.0722. The Hall–Kier alpha value is -1.48. The first-order valence-electron chi connectivity index (χ1n) is 7.51. The topological polar surface area (TPSA) is 84.9 Å². The van der Waals surface area contributed by atoms with Crippen LogP contribution in [-0.2, 0) is 24.3 Å². The summed E-state index contributed by atoms with van der Waals surface area (Å²) >= 11 is 0. The van der Waals surface area contributed by atoms with Crippen molar-refractivity contribution in [3.05, 3.63) is 24.3 Å². The van der Waals surface area contributed by atoms with Crippen LogP contribution >= 0.6 is 0 Å². The maximum Gasteiger partial charge on any atom is 0.250 e. The predicted octanol–water partition coefficient (Wildman–Crippen LogP) is 1.07. The third-order valence-corrected chi connectivity index (χ3v) is 5.42. The maximum absolute atomic E-state index is 12.4. The van der Waals surface area contributed by atoms with Gasteiger partial charge in [-0.05, 0) is 37.1 Å². The van der Waals surface area contributed by atoms with Crippen LogP contribution in [0.5, 0.6) is 0 Å². The zero-order valence-corrected chi connectivity index (χ0v) is 14.0. The van der Waals surface area contributed by atoms with E-state index in [1.54, 1.807) is 19.2 Å². The van der Waals surface area contributed by atoms with Crippen LogP contribution in [0.3, 0.4) is 0 Å². The highest BCUT2D eigenvalue weighted by molar-refractivity contribution is 7.89. The van der Waals surface area contributed by atoms with E-state index in [0.717, 1.165) is 12.8 Å². The molecule has 0 bridgehead atoms. The Morgan fingerprint density at radius 2 is 1.83 bits per heavy atom. The second kappa shape index (κ2) is 8.39. The van der Waals surface area contributed by atoms with Gasteiger partial charge in [0.15, 0.2) is 0 Å². The largest absolute Gasteiger partial charge is 0.382 e. The molecule has 1 heterocycles. The van der Waals surface area contributed by atoms with Gasteiger partial charge in [-0.2, -0.15) is 4.31 Å². The molecule has 1 aliphatic rings. The lowest BCUT2D eigenvalue weighted by molar-refractivity contribution is -0.121. The van der Waals surface area contributed by atoms with E-state index in [1.165, 1.54) is 16.4 Å². The van der Waals surface area contributed by atoms with Crippen molar-refractivity contribution in [3.63, 3.8) is 0 Å². The number of anilines is 1. The fraction of sp³-hybridized carbons (Fsp3) is 0.533. The Morgan fingerprint density at radius 3 is 2.43 bits per heavy atom. The third-order valence-electron chi connectivity index (χ3n) is 3.51. The number of nitrogens with one attached hydrogen (secondary N) is 1. The molecule has 0 atom stereocenters. The number of nitrogens with zero attached hydrogens (tertiary/aromatic N) is 1. The molecular weight excluding hydrogens is 320 g/mol. The molecule has 1 fully saturated rings. The molecule has 1 N–H and O–H groups in total. The molecule has 23 heavy (non-hydrogen) atoms. The highest BCUT2D eigenvalue weighted by Gasteiger charge is 2.26. The molecule has 1 saturated heterocycles. The van der Waals surface area contributed by atoms with Gasteiger partial charge in [0.2, 0.25) is 15.9 Å². The standard InChI is InChI=1S/C15H22N2O5S/c1-21-10-11-22-12-15(18)16-13-4-6-14(7-5-13)23(19,20)17-8-2-3-9-17/h4-7H,2-3,8-12H2,1H3,(H,16,18). The average molecular weight is 342 g/mol. The van der Waals surface area contributed by atoms with Crippen LogP contribution in [0.4, 0.5) is 5.69 Å². The number of hydrogen-bond donors (Lipinski definition) is 1. The van der Waals surface area contributed by atoms with Gasteiger partial charge in [-0.25, -0.2) is 8.42 Å². The fourth-order valence-electron chi connectivity index (χ4n) is 2.29. The van der Waals surface area contributed by atoms with E-state index in [0.29, 0.717) is 32.0 Å². The molecule has 0 spiro atoms. The molecule has 0 aromatic heterocycles. The number of carbonyl (C=O) groups is 1. The van der Waals surface area contributed by atoms with Gasteiger partial charge in [-0.1, -0.05) is 0 Å². The minimum atomic E-state index is -3.42. The fourth-order valence-corrected chi connectivity index (χ4v) is 3.81. The van der Waals surface area contributed by atoms with E-state index in [1.807, 2.05) is 0 Å². The van der Waals surface area contributed by atoms with Gasteiger partial charge >= 0.3 is 0 Å². The minimum Gasteiger partial charge on any atom is -0.382 e.